The molecule has 2 aromatic rings. The van der Waals surface area contributed by atoms with Crippen LogP contribution in [0.3, 0.4) is 0 Å². The third kappa shape index (κ3) is 4.58. The number of halogens is 4. The Morgan fingerprint density at radius 1 is 0.952 bits per heavy atom. The summed E-state index contributed by atoms with van der Waals surface area (Å²) in [5.41, 5.74) is 1.92. The van der Waals surface area contributed by atoms with Gasteiger partial charge in [0, 0.05) is 21.1 Å². The van der Waals surface area contributed by atoms with Crippen LogP contribution in [0, 0.1) is 5.82 Å². The summed E-state index contributed by atoms with van der Waals surface area (Å²) in [7, 11) is 1.88. The fourth-order valence-corrected chi connectivity index (χ4v) is 2.91. The third-order valence-electron chi connectivity index (χ3n) is 3.37. The maximum absolute atomic E-state index is 13.1. The molecule has 112 valence electrons. The average molecular weight is 347 g/mol. The molecular weight excluding hydrogens is 332 g/mol. The second-order valence-corrected chi connectivity index (χ2v) is 6.12. The number of nitrogens with one attached hydrogen (secondary N) is 1. The summed E-state index contributed by atoms with van der Waals surface area (Å²) in [5, 5.41) is 4.94. The molecule has 1 nitrogen and oxygen atoms in total. The molecule has 0 fully saturated rings. The minimum atomic E-state index is -0.328. The van der Waals surface area contributed by atoms with Crippen molar-refractivity contribution in [2.24, 2.45) is 0 Å². The van der Waals surface area contributed by atoms with Crippen molar-refractivity contribution in [1.82, 2.24) is 5.32 Å². The highest BCUT2D eigenvalue weighted by Crippen LogP contribution is 2.24. The maximum atomic E-state index is 13.1. The van der Waals surface area contributed by atoms with E-state index >= 15 is 0 Å². The first kappa shape index (κ1) is 16.6. The fraction of sp³-hybridized carbons (Fsp3) is 0.250. The highest BCUT2D eigenvalue weighted by Gasteiger charge is 2.13. The van der Waals surface area contributed by atoms with Crippen molar-refractivity contribution >= 4 is 34.8 Å². The lowest BCUT2D eigenvalue weighted by Gasteiger charge is -2.18. The molecule has 21 heavy (non-hydrogen) atoms. The zero-order valence-corrected chi connectivity index (χ0v) is 13.7. The normalized spacial score (nSPS) is 12.4. The lowest BCUT2D eigenvalue weighted by Crippen LogP contribution is -2.30. The van der Waals surface area contributed by atoms with Gasteiger partial charge in [0.2, 0.25) is 0 Å². The van der Waals surface area contributed by atoms with Gasteiger partial charge in [-0.15, -0.1) is 0 Å². The van der Waals surface area contributed by atoms with Gasteiger partial charge in [-0.3, -0.25) is 0 Å². The summed E-state index contributed by atoms with van der Waals surface area (Å²) in [4.78, 5) is 0. The van der Waals surface area contributed by atoms with Gasteiger partial charge in [0.25, 0.3) is 0 Å². The Kier molecular flexibility index (Phi) is 5.88. The van der Waals surface area contributed by atoms with E-state index in [1.165, 1.54) is 12.1 Å². The van der Waals surface area contributed by atoms with E-state index in [1.807, 2.05) is 19.2 Å². The van der Waals surface area contributed by atoms with E-state index in [4.69, 9.17) is 34.8 Å². The van der Waals surface area contributed by atoms with Gasteiger partial charge in [-0.25, -0.2) is 4.39 Å². The Labute approximate surface area is 139 Å². The Morgan fingerprint density at radius 3 is 2.05 bits per heavy atom. The molecule has 0 aliphatic heterocycles. The van der Waals surface area contributed by atoms with Gasteiger partial charge in [-0.1, -0.05) is 46.9 Å². The molecule has 0 bridgehead atoms. The predicted molar refractivity (Wildman–Crippen MR) is 88.1 cm³/mol. The molecule has 1 unspecified atom stereocenters. The van der Waals surface area contributed by atoms with Gasteiger partial charge in [-0.05, 0) is 55.3 Å². The Hall–Kier alpha value is -0.800. The SMILES string of the molecule is CNC(Cc1ccc(F)cc1Cl)Cc1ccc(Cl)cc1Cl. The quantitative estimate of drug-likeness (QED) is 0.788. The highest BCUT2D eigenvalue weighted by molar-refractivity contribution is 6.35. The van der Waals surface area contributed by atoms with E-state index in [9.17, 15) is 4.39 Å². The molecule has 0 heterocycles. The largest absolute Gasteiger partial charge is 0.316 e. The molecule has 0 aromatic heterocycles. The second kappa shape index (κ2) is 7.46. The molecule has 5 heteroatoms. The fourth-order valence-electron chi connectivity index (χ4n) is 2.18. The zero-order chi connectivity index (χ0) is 15.4. The van der Waals surface area contributed by atoms with E-state index in [-0.39, 0.29) is 11.9 Å². The van der Waals surface area contributed by atoms with Crippen molar-refractivity contribution in [1.29, 1.82) is 0 Å². The van der Waals surface area contributed by atoms with E-state index < -0.39 is 0 Å². The summed E-state index contributed by atoms with van der Waals surface area (Å²) in [6.45, 7) is 0. The van der Waals surface area contributed by atoms with Crippen LogP contribution in [0.4, 0.5) is 4.39 Å². The number of likely N-dealkylation sites (N-methyl/N-ethyl adjacent to an activating group) is 1. The molecular formula is C16H15Cl3FN. The maximum Gasteiger partial charge on any atom is 0.124 e. The average Bonchev–Trinajstić information content (AvgIpc) is 2.43. The third-order valence-corrected chi connectivity index (χ3v) is 4.31. The molecule has 0 saturated heterocycles. The molecule has 0 spiro atoms. The lowest BCUT2D eigenvalue weighted by molar-refractivity contribution is 0.555. The first-order valence-corrected chi connectivity index (χ1v) is 7.68. The Bertz CT molecular complexity index is 577. The lowest BCUT2D eigenvalue weighted by atomic mass is 9.99. The number of hydrogen-bond donors (Lipinski definition) is 1. The molecule has 2 aromatic carbocycles. The van der Waals surface area contributed by atoms with Crippen molar-refractivity contribution < 1.29 is 4.39 Å². The minimum Gasteiger partial charge on any atom is -0.316 e. The molecule has 1 atom stereocenters. The number of rotatable bonds is 5. The summed E-state index contributed by atoms with van der Waals surface area (Å²) >= 11 is 18.2. The van der Waals surface area contributed by atoms with E-state index in [0.29, 0.717) is 21.5 Å². The van der Waals surface area contributed by atoms with Crippen LogP contribution in [0.5, 0.6) is 0 Å². The smallest absolute Gasteiger partial charge is 0.124 e. The Balaban J connectivity index is 2.13. The second-order valence-electron chi connectivity index (χ2n) is 4.87. The van der Waals surface area contributed by atoms with Crippen molar-refractivity contribution in [3.63, 3.8) is 0 Å². The van der Waals surface area contributed by atoms with Crippen molar-refractivity contribution in [3.05, 3.63) is 68.4 Å². The van der Waals surface area contributed by atoms with Crippen LogP contribution in [0.1, 0.15) is 11.1 Å². The summed E-state index contributed by atoms with van der Waals surface area (Å²) < 4.78 is 13.1. The standard InChI is InChI=1S/C16H15Cl3FN/c1-21-14(6-10-2-4-12(17)8-15(10)18)7-11-3-5-13(20)9-16(11)19/h2-5,8-9,14,21H,6-7H2,1H3. The first-order valence-electron chi connectivity index (χ1n) is 6.54. The van der Waals surface area contributed by atoms with Crippen LogP contribution in [0.25, 0.3) is 0 Å². The van der Waals surface area contributed by atoms with Gasteiger partial charge >= 0.3 is 0 Å². The predicted octanol–water partition coefficient (Wildman–Crippen LogP) is 5.16. The summed E-state index contributed by atoms with van der Waals surface area (Å²) in [6, 6.07) is 10.1. The molecule has 2 rings (SSSR count). The van der Waals surface area contributed by atoms with Crippen LogP contribution in [0.2, 0.25) is 15.1 Å². The van der Waals surface area contributed by atoms with Crippen LogP contribution in [0.15, 0.2) is 36.4 Å². The van der Waals surface area contributed by atoms with Gasteiger partial charge in [0.15, 0.2) is 0 Å². The highest BCUT2D eigenvalue weighted by atomic mass is 35.5. The van der Waals surface area contributed by atoms with Crippen LogP contribution in [-0.4, -0.2) is 13.1 Å². The number of benzene rings is 2. The molecule has 0 radical (unpaired) electrons. The van der Waals surface area contributed by atoms with Crippen LogP contribution in [-0.2, 0) is 12.8 Å². The van der Waals surface area contributed by atoms with Crippen molar-refractivity contribution in [3.8, 4) is 0 Å². The van der Waals surface area contributed by atoms with Crippen LogP contribution >= 0.6 is 34.8 Å². The molecule has 0 saturated carbocycles. The topological polar surface area (TPSA) is 12.0 Å². The molecule has 0 aliphatic carbocycles. The monoisotopic (exact) mass is 345 g/mol. The first-order chi connectivity index (χ1) is 9.99. The summed E-state index contributed by atoms with van der Waals surface area (Å²) in [6.07, 6.45) is 1.43. The van der Waals surface area contributed by atoms with Crippen LogP contribution < -0.4 is 5.32 Å². The van der Waals surface area contributed by atoms with Gasteiger partial charge in [0.05, 0.1) is 0 Å². The van der Waals surface area contributed by atoms with E-state index in [2.05, 4.69) is 5.32 Å². The van der Waals surface area contributed by atoms with Crippen molar-refractivity contribution in [2.75, 3.05) is 7.05 Å². The van der Waals surface area contributed by atoms with E-state index in [1.54, 1.807) is 12.1 Å². The molecule has 1 N–H and O–H groups in total. The Morgan fingerprint density at radius 2 is 1.52 bits per heavy atom. The molecule has 0 aliphatic rings. The van der Waals surface area contributed by atoms with Gasteiger partial charge < -0.3 is 5.32 Å². The van der Waals surface area contributed by atoms with E-state index in [0.717, 1.165) is 17.5 Å². The number of hydrogen-bond acceptors (Lipinski definition) is 1. The molecule has 0 amide bonds. The van der Waals surface area contributed by atoms with Gasteiger partial charge in [-0.2, -0.15) is 0 Å². The van der Waals surface area contributed by atoms with Crippen molar-refractivity contribution in [2.45, 2.75) is 18.9 Å². The summed E-state index contributed by atoms with van der Waals surface area (Å²) in [5.74, 6) is -0.328. The zero-order valence-electron chi connectivity index (χ0n) is 11.5. The van der Waals surface area contributed by atoms with Gasteiger partial charge in [0.1, 0.15) is 5.82 Å². The minimum absolute atomic E-state index is 0.145.